The zero-order valence-corrected chi connectivity index (χ0v) is 9.45. The molecule has 0 spiro atoms. The number of anilines is 1. The molecule has 0 aliphatic carbocycles. The Morgan fingerprint density at radius 1 is 1.44 bits per heavy atom. The van der Waals surface area contributed by atoms with Crippen molar-refractivity contribution in [2.75, 3.05) is 19.0 Å². The number of benzene rings is 1. The summed E-state index contributed by atoms with van der Waals surface area (Å²) in [4.78, 5) is 10.0. The summed E-state index contributed by atoms with van der Waals surface area (Å²) in [7, 11) is 1.49. The van der Waals surface area contributed by atoms with Gasteiger partial charge in [-0.2, -0.15) is 13.2 Å². The smallest absolute Gasteiger partial charge is 0.383 e. The van der Waals surface area contributed by atoms with Gasteiger partial charge in [-0.15, -0.1) is 0 Å². The van der Waals surface area contributed by atoms with Crippen molar-refractivity contribution in [3.05, 3.63) is 33.9 Å². The van der Waals surface area contributed by atoms with Crippen LogP contribution in [0.3, 0.4) is 0 Å². The Kier molecular flexibility index (Phi) is 4.49. The van der Waals surface area contributed by atoms with E-state index in [-0.39, 0.29) is 18.0 Å². The molecule has 0 unspecified atom stereocenters. The molecular formula is C10H11F3N2O3. The van der Waals surface area contributed by atoms with E-state index in [2.05, 4.69) is 10.1 Å². The van der Waals surface area contributed by atoms with Gasteiger partial charge < -0.3 is 10.1 Å². The second kappa shape index (κ2) is 5.67. The van der Waals surface area contributed by atoms with E-state index in [9.17, 15) is 23.3 Å². The van der Waals surface area contributed by atoms with Gasteiger partial charge in [0.05, 0.1) is 11.5 Å². The predicted molar refractivity (Wildman–Crippen MR) is 58.4 cm³/mol. The van der Waals surface area contributed by atoms with Crippen LogP contribution in [-0.2, 0) is 11.3 Å². The van der Waals surface area contributed by atoms with Gasteiger partial charge in [0, 0.05) is 13.1 Å². The number of hydrogen-bond donors (Lipinski definition) is 1. The Balaban J connectivity index is 2.71. The molecule has 8 heteroatoms. The molecule has 5 nitrogen and oxygen atoms in total. The van der Waals surface area contributed by atoms with Crippen LogP contribution in [-0.4, -0.2) is 24.8 Å². The van der Waals surface area contributed by atoms with Gasteiger partial charge >= 0.3 is 6.18 Å². The summed E-state index contributed by atoms with van der Waals surface area (Å²) in [6.45, 7) is -1.61. The van der Waals surface area contributed by atoms with Gasteiger partial charge in [-0.1, -0.05) is 0 Å². The largest absolute Gasteiger partial charge is 0.411 e. The van der Waals surface area contributed by atoms with E-state index in [0.717, 1.165) is 0 Å². The fraction of sp³-hybridized carbons (Fsp3) is 0.400. The standard InChI is InChI=1S/C10H11F3N2O3/c1-14-8-4-7(2-3-9(8)15(16)17)5-18-6-10(11,12)13/h2-4,14H,5-6H2,1H3. The molecule has 0 saturated heterocycles. The molecule has 0 aliphatic rings. The van der Waals surface area contributed by atoms with Crippen molar-refractivity contribution >= 4 is 11.4 Å². The van der Waals surface area contributed by atoms with Gasteiger partial charge in [0.2, 0.25) is 0 Å². The van der Waals surface area contributed by atoms with E-state index in [1.807, 2.05) is 0 Å². The van der Waals surface area contributed by atoms with Gasteiger partial charge in [0.1, 0.15) is 12.3 Å². The second-order valence-electron chi connectivity index (χ2n) is 3.47. The number of ether oxygens (including phenoxy) is 1. The van der Waals surface area contributed by atoms with Crippen molar-refractivity contribution in [3.63, 3.8) is 0 Å². The molecule has 0 aliphatic heterocycles. The highest BCUT2D eigenvalue weighted by atomic mass is 19.4. The quantitative estimate of drug-likeness (QED) is 0.656. The molecule has 0 saturated carbocycles. The first kappa shape index (κ1) is 14.2. The molecule has 0 fully saturated rings. The zero-order valence-electron chi connectivity index (χ0n) is 9.45. The number of nitro benzene ring substituents is 1. The van der Waals surface area contributed by atoms with Crippen LogP contribution in [0.25, 0.3) is 0 Å². The lowest BCUT2D eigenvalue weighted by Gasteiger charge is -2.09. The molecule has 1 N–H and O–H groups in total. The Morgan fingerprint density at radius 2 is 2.11 bits per heavy atom. The summed E-state index contributed by atoms with van der Waals surface area (Å²) in [6, 6.07) is 3.96. The maximum Gasteiger partial charge on any atom is 0.411 e. The molecule has 0 amide bonds. The van der Waals surface area contributed by atoms with Gasteiger partial charge in [-0.3, -0.25) is 10.1 Å². The minimum absolute atomic E-state index is 0.142. The molecule has 1 aromatic carbocycles. The molecule has 18 heavy (non-hydrogen) atoms. The van der Waals surface area contributed by atoms with Crippen LogP contribution in [0, 0.1) is 10.1 Å². The summed E-state index contributed by atoms with van der Waals surface area (Å²) in [5, 5.41) is 13.2. The fourth-order valence-electron chi connectivity index (χ4n) is 1.32. The van der Waals surface area contributed by atoms with Crippen LogP contribution in [0.15, 0.2) is 18.2 Å². The minimum Gasteiger partial charge on any atom is -0.383 e. The fourth-order valence-corrected chi connectivity index (χ4v) is 1.32. The third-order valence-corrected chi connectivity index (χ3v) is 2.06. The monoisotopic (exact) mass is 264 g/mol. The maximum atomic E-state index is 11.8. The van der Waals surface area contributed by atoms with Gasteiger partial charge in [-0.25, -0.2) is 0 Å². The van der Waals surface area contributed by atoms with E-state index >= 15 is 0 Å². The van der Waals surface area contributed by atoms with Gasteiger partial charge in [0.15, 0.2) is 0 Å². The van der Waals surface area contributed by atoms with Crippen LogP contribution in [0.4, 0.5) is 24.5 Å². The third kappa shape index (κ3) is 4.21. The van der Waals surface area contributed by atoms with Crippen molar-refractivity contribution in [2.45, 2.75) is 12.8 Å². The second-order valence-corrected chi connectivity index (χ2v) is 3.47. The summed E-state index contributed by atoms with van der Waals surface area (Å²) in [5.41, 5.74) is 0.513. The number of rotatable bonds is 5. The molecule has 0 atom stereocenters. The Hall–Kier alpha value is -1.83. The van der Waals surface area contributed by atoms with Crippen LogP contribution in [0.1, 0.15) is 5.56 Å². The lowest BCUT2D eigenvalue weighted by Crippen LogP contribution is -2.16. The third-order valence-electron chi connectivity index (χ3n) is 2.06. The first-order valence-corrected chi connectivity index (χ1v) is 4.93. The van der Waals surface area contributed by atoms with Crippen molar-refractivity contribution in [3.8, 4) is 0 Å². The molecular weight excluding hydrogens is 253 g/mol. The minimum atomic E-state index is -4.38. The molecule has 0 heterocycles. The number of nitrogens with one attached hydrogen (secondary N) is 1. The maximum absolute atomic E-state index is 11.8. The number of nitro groups is 1. The summed E-state index contributed by atoms with van der Waals surface area (Å²) in [6.07, 6.45) is -4.38. The van der Waals surface area contributed by atoms with Gasteiger partial charge in [0.25, 0.3) is 5.69 Å². The van der Waals surface area contributed by atoms with Crippen LogP contribution >= 0.6 is 0 Å². The Bertz CT molecular complexity index is 435. The number of nitrogens with zero attached hydrogens (tertiary/aromatic N) is 1. The molecule has 0 aromatic heterocycles. The molecule has 0 radical (unpaired) electrons. The highest BCUT2D eigenvalue weighted by Gasteiger charge is 2.27. The number of alkyl halides is 3. The normalized spacial score (nSPS) is 11.3. The SMILES string of the molecule is CNc1cc(COCC(F)(F)F)ccc1[N+](=O)[O-]. The first-order valence-electron chi connectivity index (χ1n) is 4.93. The van der Waals surface area contributed by atoms with Gasteiger partial charge in [-0.05, 0) is 17.7 Å². The van der Waals surface area contributed by atoms with E-state index in [1.54, 1.807) is 0 Å². The van der Waals surface area contributed by atoms with Crippen molar-refractivity contribution in [1.82, 2.24) is 0 Å². The van der Waals surface area contributed by atoms with E-state index in [0.29, 0.717) is 5.56 Å². The Morgan fingerprint density at radius 3 is 2.61 bits per heavy atom. The highest BCUT2D eigenvalue weighted by molar-refractivity contribution is 5.62. The summed E-state index contributed by atoms with van der Waals surface area (Å²) >= 11 is 0. The predicted octanol–water partition coefficient (Wildman–Crippen LogP) is 2.72. The summed E-state index contributed by atoms with van der Waals surface area (Å²) < 4.78 is 40.0. The molecule has 1 aromatic rings. The highest BCUT2D eigenvalue weighted by Crippen LogP contribution is 2.25. The van der Waals surface area contributed by atoms with Crippen LogP contribution in [0.2, 0.25) is 0 Å². The number of hydrogen-bond acceptors (Lipinski definition) is 4. The van der Waals surface area contributed by atoms with Crippen molar-refractivity contribution in [2.24, 2.45) is 0 Å². The lowest BCUT2D eigenvalue weighted by atomic mass is 10.2. The summed E-state index contributed by atoms with van der Waals surface area (Å²) in [5.74, 6) is 0. The first-order chi connectivity index (χ1) is 8.33. The zero-order chi connectivity index (χ0) is 13.8. The van der Waals surface area contributed by atoms with E-state index in [4.69, 9.17) is 0 Å². The van der Waals surface area contributed by atoms with E-state index in [1.165, 1.54) is 25.2 Å². The Labute approximate surface area is 101 Å². The van der Waals surface area contributed by atoms with Crippen molar-refractivity contribution < 1.29 is 22.8 Å². The van der Waals surface area contributed by atoms with Crippen molar-refractivity contribution in [1.29, 1.82) is 0 Å². The lowest BCUT2D eigenvalue weighted by molar-refractivity contribution is -0.384. The van der Waals surface area contributed by atoms with Crippen LogP contribution < -0.4 is 5.32 Å². The molecule has 0 bridgehead atoms. The molecule has 1 rings (SSSR count). The molecule has 100 valence electrons. The van der Waals surface area contributed by atoms with E-state index < -0.39 is 17.7 Å². The van der Waals surface area contributed by atoms with Crippen LogP contribution in [0.5, 0.6) is 0 Å². The average Bonchev–Trinajstić information content (AvgIpc) is 2.26. The average molecular weight is 264 g/mol. The number of halogens is 3. The topological polar surface area (TPSA) is 64.4 Å².